The molecule has 0 saturated carbocycles. The number of benzene rings is 2. The van der Waals surface area contributed by atoms with Gasteiger partial charge in [0.15, 0.2) is 0 Å². The molecule has 3 aromatic rings. The van der Waals surface area contributed by atoms with Crippen molar-refractivity contribution >= 4 is 45.4 Å². The second kappa shape index (κ2) is 11.7. The number of ether oxygens (including phenoxy) is 2. The van der Waals surface area contributed by atoms with Crippen molar-refractivity contribution in [2.75, 3.05) is 30.8 Å². The van der Waals surface area contributed by atoms with Gasteiger partial charge in [0.2, 0.25) is 10.0 Å². The second-order valence-electron chi connectivity index (χ2n) is 7.38. The molecule has 0 fully saturated rings. The molecule has 0 unspecified atom stereocenters. The van der Waals surface area contributed by atoms with Gasteiger partial charge in [-0.25, -0.2) is 18.6 Å². The summed E-state index contributed by atoms with van der Waals surface area (Å²) in [6.45, 7) is 1.51. The first kappa shape index (κ1) is 26.8. The monoisotopic (exact) mass is 533 g/mol. The van der Waals surface area contributed by atoms with Gasteiger partial charge in [-0.05, 0) is 49.4 Å². The van der Waals surface area contributed by atoms with Crippen molar-refractivity contribution in [3.63, 3.8) is 0 Å². The fourth-order valence-electron chi connectivity index (χ4n) is 3.11. The summed E-state index contributed by atoms with van der Waals surface area (Å²) in [5.41, 5.74) is 3.64. The predicted octanol–water partition coefficient (Wildman–Crippen LogP) is 3.70. The van der Waals surface area contributed by atoms with Crippen LogP contribution in [-0.2, 0) is 19.6 Å². The lowest BCUT2D eigenvalue weighted by atomic mass is 10.1. The number of hydrazone groups is 1. The number of esters is 1. The van der Waals surface area contributed by atoms with E-state index in [-0.39, 0.29) is 10.7 Å². The summed E-state index contributed by atoms with van der Waals surface area (Å²) in [7, 11) is -2.36. The van der Waals surface area contributed by atoms with Crippen LogP contribution in [0.4, 0.5) is 5.69 Å². The van der Waals surface area contributed by atoms with E-state index in [9.17, 15) is 18.0 Å². The summed E-state index contributed by atoms with van der Waals surface area (Å²) >= 11 is 6.09. The maximum absolute atomic E-state index is 12.4. The number of hydrogen-bond acceptors (Lipinski definition) is 8. The third kappa shape index (κ3) is 6.86. The maximum atomic E-state index is 12.4. The maximum Gasteiger partial charge on any atom is 0.338 e. The van der Waals surface area contributed by atoms with Gasteiger partial charge in [-0.15, -0.1) is 0 Å². The number of hydrogen-bond donors (Lipinski definition) is 1. The summed E-state index contributed by atoms with van der Waals surface area (Å²) in [5.74, 6) is 0.164. The summed E-state index contributed by atoms with van der Waals surface area (Å²) < 4.78 is 41.1. The summed E-state index contributed by atoms with van der Waals surface area (Å²) in [4.78, 5) is 24.1. The van der Waals surface area contributed by atoms with E-state index in [4.69, 9.17) is 25.5 Å². The predicted molar refractivity (Wildman–Crippen MR) is 136 cm³/mol. The van der Waals surface area contributed by atoms with Gasteiger partial charge in [-0.2, -0.15) is 5.10 Å². The summed E-state index contributed by atoms with van der Waals surface area (Å²) in [6, 6.07) is 14.4. The molecule has 0 aliphatic rings. The zero-order valence-corrected chi connectivity index (χ0v) is 21.3. The number of nitrogens with one attached hydrogen (secondary N) is 1. The van der Waals surface area contributed by atoms with Crippen LogP contribution >= 0.6 is 11.6 Å². The van der Waals surface area contributed by atoms with Gasteiger partial charge in [-0.3, -0.25) is 9.10 Å². The molecule has 0 aliphatic heterocycles. The topological polar surface area (TPSA) is 128 Å². The minimum absolute atomic E-state index is 0.200. The Bertz CT molecular complexity index is 1370. The van der Waals surface area contributed by atoms with E-state index in [1.165, 1.54) is 31.5 Å². The highest BCUT2D eigenvalue weighted by Crippen LogP contribution is 2.30. The number of carbonyl (C=O) groups excluding carboxylic acids is 2. The summed E-state index contributed by atoms with van der Waals surface area (Å²) in [5, 5.41) is 4.03. The van der Waals surface area contributed by atoms with Crippen LogP contribution in [0.5, 0.6) is 5.75 Å². The van der Waals surface area contributed by atoms with Gasteiger partial charge < -0.3 is 13.9 Å². The van der Waals surface area contributed by atoms with Crippen LogP contribution in [0.15, 0.2) is 64.1 Å². The molecule has 1 aromatic heterocycles. The Morgan fingerprint density at radius 2 is 1.86 bits per heavy atom. The highest BCUT2D eigenvalue weighted by Gasteiger charge is 2.21. The number of sulfonamides is 1. The molecule has 0 bridgehead atoms. The molecule has 10 nitrogen and oxygen atoms in total. The first-order valence-corrected chi connectivity index (χ1v) is 12.9. The van der Waals surface area contributed by atoms with Crippen LogP contribution in [0, 0.1) is 0 Å². The molecule has 0 atom stereocenters. The van der Waals surface area contributed by atoms with E-state index < -0.39 is 28.4 Å². The van der Waals surface area contributed by atoms with Crippen molar-refractivity contribution in [1.29, 1.82) is 0 Å². The molecule has 190 valence electrons. The van der Waals surface area contributed by atoms with E-state index in [2.05, 4.69) is 10.5 Å². The van der Waals surface area contributed by atoms with Crippen LogP contribution in [0.25, 0.3) is 11.3 Å². The molecule has 3 rings (SSSR count). The molecule has 0 saturated heterocycles. The molecular formula is C24H24ClN3O7S. The molecule has 2 aromatic carbocycles. The zero-order valence-electron chi connectivity index (χ0n) is 19.7. The molecule has 36 heavy (non-hydrogen) atoms. The average molecular weight is 534 g/mol. The van der Waals surface area contributed by atoms with E-state index in [1.807, 2.05) is 0 Å². The largest absolute Gasteiger partial charge is 0.495 e. The standard InChI is InChI=1S/C24H24ClN3O7S/c1-4-34-24(30)17-7-5-16(6-8-17)21-12-10-19(35-21)14-26-27-23(29)15-28(36(3,31)32)18-9-11-22(33-2)20(25)13-18/h5-14H,4,15H2,1-3H3,(H,27,29)/b26-14-. The third-order valence-electron chi connectivity index (χ3n) is 4.80. The Hall–Kier alpha value is -3.83. The molecule has 0 spiro atoms. The zero-order chi connectivity index (χ0) is 26.3. The number of amides is 1. The number of anilines is 1. The number of nitrogens with zero attached hydrogens (tertiary/aromatic N) is 2. The third-order valence-corrected chi connectivity index (χ3v) is 6.24. The quantitative estimate of drug-likeness (QED) is 0.239. The molecule has 1 heterocycles. The molecular weight excluding hydrogens is 510 g/mol. The Balaban J connectivity index is 1.64. The van der Waals surface area contributed by atoms with E-state index in [1.54, 1.807) is 43.3 Å². The number of furan rings is 1. The van der Waals surface area contributed by atoms with E-state index in [0.717, 1.165) is 16.1 Å². The fraction of sp³-hybridized carbons (Fsp3) is 0.208. The van der Waals surface area contributed by atoms with Gasteiger partial charge in [-0.1, -0.05) is 23.7 Å². The van der Waals surface area contributed by atoms with E-state index in [0.29, 0.717) is 29.4 Å². The van der Waals surface area contributed by atoms with Crippen LogP contribution in [0.1, 0.15) is 23.0 Å². The Kier molecular flexibility index (Phi) is 8.73. The van der Waals surface area contributed by atoms with Crippen molar-refractivity contribution in [2.45, 2.75) is 6.92 Å². The second-order valence-corrected chi connectivity index (χ2v) is 9.70. The minimum Gasteiger partial charge on any atom is -0.495 e. The number of carbonyl (C=O) groups is 2. The van der Waals surface area contributed by atoms with Crippen LogP contribution in [-0.4, -0.2) is 53.0 Å². The van der Waals surface area contributed by atoms with Crippen LogP contribution in [0.2, 0.25) is 5.02 Å². The van der Waals surface area contributed by atoms with Gasteiger partial charge in [0.1, 0.15) is 23.8 Å². The van der Waals surface area contributed by atoms with Crippen molar-refractivity contribution in [1.82, 2.24) is 5.43 Å². The van der Waals surface area contributed by atoms with Crippen LogP contribution in [0.3, 0.4) is 0 Å². The van der Waals surface area contributed by atoms with Crippen molar-refractivity contribution < 1.29 is 31.9 Å². The fourth-order valence-corrected chi connectivity index (χ4v) is 4.21. The average Bonchev–Trinajstić information content (AvgIpc) is 3.31. The van der Waals surface area contributed by atoms with Crippen molar-refractivity contribution in [3.8, 4) is 17.1 Å². The molecule has 0 radical (unpaired) electrons. The lowest BCUT2D eigenvalue weighted by Gasteiger charge is -2.21. The number of halogens is 1. The normalized spacial score (nSPS) is 11.3. The molecule has 12 heteroatoms. The van der Waals surface area contributed by atoms with Gasteiger partial charge in [0.25, 0.3) is 5.91 Å². The number of methoxy groups -OCH3 is 1. The Morgan fingerprint density at radius 1 is 1.14 bits per heavy atom. The Labute approximate surface area is 213 Å². The molecule has 1 amide bonds. The first-order chi connectivity index (χ1) is 17.1. The lowest BCUT2D eigenvalue weighted by molar-refractivity contribution is -0.119. The van der Waals surface area contributed by atoms with E-state index >= 15 is 0 Å². The number of rotatable bonds is 10. The summed E-state index contributed by atoms with van der Waals surface area (Å²) in [6.07, 6.45) is 2.26. The highest BCUT2D eigenvalue weighted by molar-refractivity contribution is 7.92. The molecule has 1 N–H and O–H groups in total. The first-order valence-electron chi connectivity index (χ1n) is 10.6. The molecule has 0 aliphatic carbocycles. The Morgan fingerprint density at radius 3 is 2.47 bits per heavy atom. The smallest absolute Gasteiger partial charge is 0.338 e. The van der Waals surface area contributed by atoms with Crippen LogP contribution < -0.4 is 14.5 Å². The SMILES string of the molecule is CCOC(=O)c1ccc(-c2ccc(/C=N\NC(=O)CN(c3ccc(OC)c(Cl)c3)S(C)(=O)=O)o2)cc1. The van der Waals surface area contributed by atoms with Crippen molar-refractivity contribution in [3.05, 3.63) is 70.9 Å². The minimum atomic E-state index is -3.79. The van der Waals surface area contributed by atoms with Gasteiger partial charge in [0.05, 0.1) is 42.5 Å². The van der Waals surface area contributed by atoms with Gasteiger partial charge in [0, 0.05) is 5.56 Å². The van der Waals surface area contributed by atoms with Crippen molar-refractivity contribution in [2.24, 2.45) is 5.10 Å². The van der Waals surface area contributed by atoms with Gasteiger partial charge >= 0.3 is 5.97 Å². The lowest BCUT2D eigenvalue weighted by Crippen LogP contribution is -2.39. The highest BCUT2D eigenvalue weighted by atomic mass is 35.5.